The molecule has 0 radical (unpaired) electrons. The van der Waals surface area contributed by atoms with Gasteiger partial charge in [0.25, 0.3) is 0 Å². The van der Waals surface area contributed by atoms with Crippen LogP contribution in [-0.4, -0.2) is 19.7 Å². The summed E-state index contributed by atoms with van der Waals surface area (Å²) in [6.45, 7) is 0.620. The zero-order valence-electron chi connectivity index (χ0n) is 10.8. The molecule has 0 aromatic heterocycles. The van der Waals surface area contributed by atoms with Crippen molar-refractivity contribution in [3.05, 3.63) is 28.2 Å². The monoisotopic (exact) mass is 312 g/mol. The fraction of sp³-hybridized carbons (Fsp3) is 0.571. The molecule has 2 rings (SSSR count). The van der Waals surface area contributed by atoms with Crippen molar-refractivity contribution in [1.82, 2.24) is 5.32 Å². The Kier molecular flexibility index (Phi) is 5.03. The van der Waals surface area contributed by atoms with Crippen molar-refractivity contribution in [1.29, 1.82) is 0 Å². The minimum absolute atomic E-state index is 0.232. The number of nitrogens with two attached hydrogens (primary N) is 1. The molecule has 1 aliphatic rings. The van der Waals surface area contributed by atoms with E-state index in [9.17, 15) is 0 Å². The van der Waals surface area contributed by atoms with Gasteiger partial charge in [0, 0.05) is 18.6 Å². The summed E-state index contributed by atoms with van der Waals surface area (Å²) in [5.41, 5.74) is 7.11. The lowest BCUT2D eigenvalue weighted by Crippen LogP contribution is -2.35. The van der Waals surface area contributed by atoms with Gasteiger partial charge >= 0.3 is 0 Å². The van der Waals surface area contributed by atoms with E-state index in [0.717, 1.165) is 10.2 Å². The minimum Gasteiger partial charge on any atom is -0.496 e. The van der Waals surface area contributed by atoms with Gasteiger partial charge in [-0.1, -0.05) is 18.9 Å². The van der Waals surface area contributed by atoms with Gasteiger partial charge in [0.2, 0.25) is 0 Å². The molecular formula is C14H21BrN2O. The van der Waals surface area contributed by atoms with Crippen molar-refractivity contribution in [3.8, 4) is 5.75 Å². The molecule has 100 valence electrons. The van der Waals surface area contributed by atoms with E-state index >= 15 is 0 Å². The van der Waals surface area contributed by atoms with E-state index in [1.807, 2.05) is 6.07 Å². The third-order valence-electron chi connectivity index (χ3n) is 3.61. The minimum atomic E-state index is 0.232. The Morgan fingerprint density at radius 2 is 2.17 bits per heavy atom. The van der Waals surface area contributed by atoms with Crippen LogP contribution in [0.1, 0.15) is 37.3 Å². The zero-order valence-corrected chi connectivity index (χ0v) is 12.4. The molecular weight excluding hydrogens is 292 g/mol. The molecule has 1 unspecified atom stereocenters. The van der Waals surface area contributed by atoms with Gasteiger partial charge in [-0.2, -0.15) is 0 Å². The van der Waals surface area contributed by atoms with Crippen LogP contribution in [0.25, 0.3) is 0 Å². The van der Waals surface area contributed by atoms with E-state index in [4.69, 9.17) is 10.5 Å². The predicted octanol–water partition coefficient (Wildman–Crippen LogP) is 2.99. The molecule has 0 aliphatic heterocycles. The summed E-state index contributed by atoms with van der Waals surface area (Å²) in [7, 11) is 1.68. The summed E-state index contributed by atoms with van der Waals surface area (Å²) >= 11 is 3.52. The summed E-state index contributed by atoms with van der Waals surface area (Å²) in [6, 6.07) is 7.02. The Labute approximate surface area is 117 Å². The fourth-order valence-electron chi connectivity index (χ4n) is 2.58. The maximum Gasteiger partial charge on any atom is 0.133 e. The smallest absolute Gasteiger partial charge is 0.133 e. The second kappa shape index (κ2) is 6.55. The normalized spacial score (nSPS) is 17.9. The number of hydrogen-bond acceptors (Lipinski definition) is 3. The topological polar surface area (TPSA) is 47.3 Å². The first kappa shape index (κ1) is 13.8. The molecule has 1 saturated carbocycles. The van der Waals surface area contributed by atoms with Gasteiger partial charge in [-0.3, -0.25) is 0 Å². The third-order valence-corrected chi connectivity index (χ3v) is 4.23. The van der Waals surface area contributed by atoms with Gasteiger partial charge in [0.15, 0.2) is 0 Å². The van der Waals surface area contributed by atoms with E-state index in [-0.39, 0.29) is 6.04 Å². The maximum absolute atomic E-state index is 5.89. The van der Waals surface area contributed by atoms with Crippen molar-refractivity contribution >= 4 is 15.9 Å². The van der Waals surface area contributed by atoms with Crippen molar-refractivity contribution in [2.45, 2.75) is 37.8 Å². The van der Waals surface area contributed by atoms with Crippen LogP contribution in [-0.2, 0) is 0 Å². The van der Waals surface area contributed by atoms with Crippen molar-refractivity contribution in [3.63, 3.8) is 0 Å². The van der Waals surface area contributed by atoms with Crippen molar-refractivity contribution in [2.75, 3.05) is 13.7 Å². The second-order valence-corrected chi connectivity index (χ2v) is 5.68. The maximum atomic E-state index is 5.89. The predicted molar refractivity (Wildman–Crippen MR) is 77.9 cm³/mol. The lowest BCUT2D eigenvalue weighted by Gasteiger charge is -2.22. The molecule has 1 aromatic rings. The first-order valence-corrected chi connectivity index (χ1v) is 7.33. The molecule has 3 N–H and O–H groups in total. The van der Waals surface area contributed by atoms with Crippen LogP contribution in [0, 0.1) is 0 Å². The molecule has 0 saturated heterocycles. The van der Waals surface area contributed by atoms with Crippen LogP contribution in [0.3, 0.4) is 0 Å². The Hall–Kier alpha value is -0.580. The Bertz CT molecular complexity index is 391. The number of hydrogen-bond donors (Lipinski definition) is 2. The standard InChI is InChI=1S/C14H21BrN2O/c1-18-14-7-6-10(8-12(14)15)13(9-16)17-11-4-2-3-5-11/h6-8,11,13,17H,2-5,9,16H2,1H3. The molecule has 3 nitrogen and oxygen atoms in total. The molecule has 18 heavy (non-hydrogen) atoms. The largest absolute Gasteiger partial charge is 0.496 e. The number of methoxy groups -OCH3 is 1. The highest BCUT2D eigenvalue weighted by Gasteiger charge is 2.19. The fourth-order valence-corrected chi connectivity index (χ4v) is 3.14. The Balaban J connectivity index is 2.08. The average molecular weight is 313 g/mol. The molecule has 0 bridgehead atoms. The summed E-state index contributed by atoms with van der Waals surface area (Å²) < 4.78 is 6.23. The highest BCUT2D eigenvalue weighted by Crippen LogP contribution is 2.29. The molecule has 0 heterocycles. The van der Waals surface area contributed by atoms with E-state index in [1.54, 1.807) is 7.11 Å². The summed E-state index contributed by atoms with van der Waals surface area (Å²) in [4.78, 5) is 0. The Morgan fingerprint density at radius 1 is 1.44 bits per heavy atom. The van der Waals surface area contributed by atoms with Crippen molar-refractivity contribution in [2.24, 2.45) is 5.73 Å². The van der Waals surface area contributed by atoms with Gasteiger partial charge in [0.05, 0.1) is 11.6 Å². The molecule has 0 spiro atoms. The zero-order chi connectivity index (χ0) is 13.0. The third kappa shape index (κ3) is 3.25. The lowest BCUT2D eigenvalue weighted by molar-refractivity contribution is 0.410. The molecule has 0 amide bonds. The van der Waals surface area contributed by atoms with Crippen LogP contribution in [0.2, 0.25) is 0 Å². The van der Waals surface area contributed by atoms with Crippen LogP contribution in [0.5, 0.6) is 5.75 Å². The van der Waals surface area contributed by atoms with Gasteiger partial charge in [0.1, 0.15) is 5.75 Å². The van der Waals surface area contributed by atoms with Gasteiger partial charge < -0.3 is 15.8 Å². The number of rotatable bonds is 5. The first-order valence-electron chi connectivity index (χ1n) is 6.54. The number of ether oxygens (including phenoxy) is 1. The molecule has 1 atom stereocenters. The lowest BCUT2D eigenvalue weighted by atomic mass is 10.1. The highest BCUT2D eigenvalue weighted by atomic mass is 79.9. The first-order chi connectivity index (χ1) is 8.74. The van der Waals surface area contributed by atoms with E-state index in [2.05, 4.69) is 33.4 Å². The number of benzene rings is 1. The number of halogens is 1. The van der Waals surface area contributed by atoms with Gasteiger partial charge in [-0.15, -0.1) is 0 Å². The SMILES string of the molecule is COc1ccc(C(CN)NC2CCCC2)cc1Br. The summed E-state index contributed by atoms with van der Waals surface area (Å²) in [5.74, 6) is 0.857. The molecule has 1 fully saturated rings. The van der Waals surface area contributed by atoms with Crippen molar-refractivity contribution < 1.29 is 4.74 Å². The van der Waals surface area contributed by atoms with Crippen LogP contribution in [0.4, 0.5) is 0 Å². The summed E-state index contributed by atoms with van der Waals surface area (Å²) in [6.07, 6.45) is 5.21. The van der Waals surface area contributed by atoms with Crippen LogP contribution >= 0.6 is 15.9 Å². The number of nitrogens with one attached hydrogen (secondary N) is 1. The van der Waals surface area contributed by atoms with Gasteiger partial charge in [-0.05, 0) is 46.5 Å². The van der Waals surface area contributed by atoms with Crippen LogP contribution < -0.4 is 15.8 Å². The van der Waals surface area contributed by atoms with E-state index in [0.29, 0.717) is 12.6 Å². The average Bonchev–Trinajstić information content (AvgIpc) is 2.88. The molecule has 1 aliphatic carbocycles. The highest BCUT2D eigenvalue weighted by molar-refractivity contribution is 9.10. The van der Waals surface area contributed by atoms with E-state index < -0.39 is 0 Å². The van der Waals surface area contributed by atoms with Crippen LogP contribution in [0.15, 0.2) is 22.7 Å². The Morgan fingerprint density at radius 3 is 2.72 bits per heavy atom. The quantitative estimate of drug-likeness (QED) is 0.878. The summed E-state index contributed by atoms with van der Waals surface area (Å²) in [5, 5.41) is 3.66. The second-order valence-electron chi connectivity index (χ2n) is 4.83. The van der Waals surface area contributed by atoms with E-state index in [1.165, 1.54) is 31.2 Å². The van der Waals surface area contributed by atoms with Gasteiger partial charge in [-0.25, -0.2) is 0 Å². The molecule has 4 heteroatoms. The molecule has 1 aromatic carbocycles.